The Bertz CT molecular complexity index is 1130. The standard InChI is InChI=1S/C19H14Br2N4O2S/c1-2-7-28-19-23-18(27)15-11-5-3-4-6-14(11)22-17(25(15)24-19)10-8-12(20)16(26)13(21)9-10/h2-6,8-9,17H,1,7H2,(H2,23,24,26,27)/p+1/t17-/m1/s1. The third-order valence-electron chi connectivity index (χ3n) is 4.28. The number of thioether (sulfide) groups is 1. The van der Waals surface area contributed by atoms with E-state index in [2.05, 4.69) is 53.8 Å². The van der Waals surface area contributed by atoms with E-state index in [-0.39, 0.29) is 11.3 Å². The molecule has 1 aromatic heterocycles. The second kappa shape index (κ2) is 7.73. The molecule has 0 saturated heterocycles. The van der Waals surface area contributed by atoms with Gasteiger partial charge < -0.3 is 10.4 Å². The van der Waals surface area contributed by atoms with Gasteiger partial charge in [-0.2, -0.15) is 0 Å². The van der Waals surface area contributed by atoms with Crippen molar-refractivity contribution in [1.29, 1.82) is 0 Å². The number of aromatic amines is 1. The van der Waals surface area contributed by atoms with Gasteiger partial charge in [-0.1, -0.05) is 30.0 Å². The van der Waals surface area contributed by atoms with Gasteiger partial charge in [-0.3, -0.25) is 9.78 Å². The highest BCUT2D eigenvalue weighted by Crippen LogP contribution is 2.37. The number of aromatic nitrogens is 3. The second-order valence-electron chi connectivity index (χ2n) is 6.08. The van der Waals surface area contributed by atoms with Gasteiger partial charge >= 0.3 is 11.3 Å². The van der Waals surface area contributed by atoms with E-state index < -0.39 is 6.17 Å². The van der Waals surface area contributed by atoms with E-state index in [0.717, 1.165) is 16.8 Å². The maximum atomic E-state index is 12.9. The maximum Gasteiger partial charge on any atom is 0.325 e. The van der Waals surface area contributed by atoms with Gasteiger partial charge in [-0.25, -0.2) is 0 Å². The fourth-order valence-corrected chi connectivity index (χ4v) is 4.87. The van der Waals surface area contributed by atoms with Gasteiger partial charge in [0.2, 0.25) is 5.16 Å². The summed E-state index contributed by atoms with van der Waals surface area (Å²) in [5.74, 6) is 0.749. The average Bonchev–Trinajstić information content (AvgIpc) is 2.69. The molecule has 2 aromatic carbocycles. The zero-order valence-electron chi connectivity index (χ0n) is 14.4. The van der Waals surface area contributed by atoms with Gasteiger partial charge in [-0.15, -0.1) is 6.58 Å². The van der Waals surface area contributed by atoms with Gasteiger partial charge in [0.1, 0.15) is 5.75 Å². The molecule has 1 aliphatic heterocycles. The zero-order chi connectivity index (χ0) is 19.8. The number of hydrogen-bond donors (Lipinski definition) is 3. The first-order chi connectivity index (χ1) is 13.5. The van der Waals surface area contributed by atoms with E-state index in [9.17, 15) is 9.90 Å². The number of para-hydroxylation sites is 1. The first-order valence-electron chi connectivity index (χ1n) is 8.33. The van der Waals surface area contributed by atoms with E-state index in [4.69, 9.17) is 0 Å². The maximum absolute atomic E-state index is 12.9. The minimum Gasteiger partial charge on any atom is -0.506 e. The average molecular weight is 523 g/mol. The molecule has 0 bridgehead atoms. The zero-order valence-corrected chi connectivity index (χ0v) is 18.4. The number of aromatic hydroxyl groups is 1. The predicted molar refractivity (Wildman–Crippen MR) is 117 cm³/mol. The summed E-state index contributed by atoms with van der Waals surface area (Å²) in [5, 5.41) is 18.7. The highest BCUT2D eigenvalue weighted by Gasteiger charge is 2.38. The van der Waals surface area contributed by atoms with Gasteiger partial charge in [0.05, 0.1) is 20.2 Å². The number of phenols is 1. The first-order valence-corrected chi connectivity index (χ1v) is 10.9. The summed E-state index contributed by atoms with van der Waals surface area (Å²) in [6.07, 6.45) is 1.33. The minimum atomic E-state index is -0.427. The molecule has 3 aromatic rings. The summed E-state index contributed by atoms with van der Waals surface area (Å²) < 4.78 is 2.79. The molecule has 9 heteroatoms. The number of nitrogens with one attached hydrogen (secondary N) is 2. The van der Waals surface area contributed by atoms with Crippen LogP contribution in [0, 0.1) is 0 Å². The molecular formula is C19H15Br2N4O2S+. The van der Waals surface area contributed by atoms with Crippen molar-refractivity contribution in [1.82, 2.24) is 10.1 Å². The molecule has 0 unspecified atom stereocenters. The molecule has 0 saturated carbocycles. The van der Waals surface area contributed by atoms with Crippen molar-refractivity contribution >= 4 is 49.3 Å². The van der Waals surface area contributed by atoms with Gasteiger partial charge in [0.15, 0.2) is 0 Å². The molecule has 3 N–H and O–H groups in total. The Hall–Kier alpha value is -2.10. The molecule has 0 amide bonds. The van der Waals surface area contributed by atoms with Crippen LogP contribution in [0.1, 0.15) is 11.7 Å². The van der Waals surface area contributed by atoms with Crippen LogP contribution in [0.2, 0.25) is 0 Å². The van der Waals surface area contributed by atoms with Crippen LogP contribution in [-0.2, 0) is 0 Å². The van der Waals surface area contributed by atoms with Crippen LogP contribution in [0.15, 0.2) is 67.9 Å². The predicted octanol–water partition coefficient (Wildman–Crippen LogP) is 4.21. The van der Waals surface area contributed by atoms with Crippen LogP contribution < -0.4 is 15.6 Å². The van der Waals surface area contributed by atoms with Crippen molar-refractivity contribution < 1.29 is 9.79 Å². The van der Waals surface area contributed by atoms with Crippen LogP contribution in [0.5, 0.6) is 5.75 Å². The number of phenolic OH excluding ortho intramolecular Hbond substituents is 1. The number of fused-ring (bicyclic) bond motifs is 3. The van der Waals surface area contributed by atoms with Gasteiger partial charge in [0, 0.05) is 16.4 Å². The van der Waals surface area contributed by atoms with Crippen molar-refractivity contribution in [2.45, 2.75) is 11.3 Å². The minimum absolute atomic E-state index is 0.117. The molecule has 4 rings (SSSR count). The Morgan fingerprint density at radius 3 is 2.71 bits per heavy atom. The van der Waals surface area contributed by atoms with Crippen LogP contribution >= 0.6 is 43.6 Å². The van der Waals surface area contributed by atoms with Crippen LogP contribution in [0.25, 0.3) is 11.3 Å². The molecule has 28 heavy (non-hydrogen) atoms. The largest absolute Gasteiger partial charge is 0.506 e. The number of nitrogens with zero attached hydrogens (tertiary/aromatic N) is 2. The second-order valence-corrected chi connectivity index (χ2v) is 8.80. The van der Waals surface area contributed by atoms with Gasteiger partial charge in [0.25, 0.3) is 6.17 Å². The number of H-pyrrole nitrogens is 1. The van der Waals surface area contributed by atoms with Crippen molar-refractivity contribution in [3.05, 3.63) is 73.9 Å². The van der Waals surface area contributed by atoms with Crippen molar-refractivity contribution in [2.75, 3.05) is 11.1 Å². The lowest BCUT2D eigenvalue weighted by molar-refractivity contribution is -0.759. The number of benzene rings is 2. The first kappa shape index (κ1) is 19.2. The Morgan fingerprint density at radius 2 is 2.00 bits per heavy atom. The van der Waals surface area contributed by atoms with E-state index >= 15 is 0 Å². The molecule has 0 aliphatic carbocycles. The SMILES string of the molecule is C=CCSc1n[n+]2c(c(=O)[nH]1)-c1ccccc1N[C@H]2c1cc(Br)c(O)c(Br)c1. The van der Waals surface area contributed by atoms with E-state index in [1.165, 1.54) is 11.8 Å². The van der Waals surface area contributed by atoms with E-state index in [1.54, 1.807) is 10.8 Å². The third-order valence-corrected chi connectivity index (χ3v) is 6.34. The van der Waals surface area contributed by atoms with Crippen molar-refractivity contribution in [3.8, 4) is 17.0 Å². The number of halogens is 2. The molecule has 0 radical (unpaired) electrons. The summed E-state index contributed by atoms with van der Waals surface area (Å²) in [6, 6.07) is 11.2. The molecule has 1 aliphatic rings. The highest BCUT2D eigenvalue weighted by molar-refractivity contribution is 9.11. The molecule has 1 atom stereocenters. The lowest BCUT2D eigenvalue weighted by Gasteiger charge is -2.22. The van der Waals surface area contributed by atoms with Crippen molar-refractivity contribution in [3.63, 3.8) is 0 Å². The fourth-order valence-electron chi connectivity index (χ4n) is 3.06. The smallest absolute Gasteiger partial charge is 0.325 e. The quantitative estimate of drug-likeness (QED) is 0.272. The molecule has 6 nitrogen and oxygen atoms in total. The number of anilines is 1. The summed E-state index contributed by atoms with van der Waals surface area (Å²) in [4.78, 5) is 15.8. The van der Waals surface area contributed by atoms with Crippen LogP contribution in [0.4, 0.5) is 5.69 Å². The summed E-state index contributed by atoms with van der Waals surface area (Å²) in [6.45, 7) is 3.71. The molecule has 2 heterocycles. The van der Waals surface area contributed by atoms with E-state index in [0.29, 0.717) is 25.5 Å². The number of hydrogen-bond acceptors (Lipinski definition) is 5. The molecular weight excluding hydrogens is 508 g/mol. The normalized spacial score (nSPS) is 14.7. The molecule has 0 spiro atoms. The Morgan fingerprint density at radius 1 is 1.29 bits per heavy atom. The summed E-state index contributed by atoms with van der Waals surface area (Å²) >= 11 is 8.16. The van der Waals surface area contributed by atoms with Crippen LogP contribution in [0.3, 0.4) is 0 Å². The highest BCUT2D eigenvalue weighted by atomic mass is 79.9. The third kappa shape index (κ3) is 3.38. The lowest BCUT2D eigenvalue weighted by atomic mass is 10.0. The van der Waals surface area contributed by atoms with E-state index in [1.807, 2.05) is 36.4 Å². The van der Waals surface area contributed by atoms with Crippen molar-refractivity contribution in [2.24, 2.45) is 0 Å². The summed E-state index contributed by atoms with van der Waals surface area (Å²) in [5.41, 5.74) is 2.71. The summed E-state index contributed by atoms with van der Waals surface area (Å²) in [7, 11) is 0. The topological polar surface area (TPSA) is 81.9 Å². The van der Waals surface area contributed by atoms with Gasteiger partial charge in [-0.05, 0) is 60.8 Å². The van der Waals surface area contributed by atoms with Crippen LogP contribution in [-0.4, -0.2) is 20.9 Å². The fraction of sp³-hybridized carbons (Fsp3) is 0.105. The molecule has 0 fully saturated rings. The molecule has 142 valence electrons. The Kier molecular flexibility index (Phi) is 5.31. The monoisotopic (exact) mass is 521 g/mol. The number of rotatable bonds is 4. The lowest BCUT2D eigenvalue weighted by Crippen LogP contribution is -2.55. The Labute approximate surface area is 182 Å². The Balaban J connectivity index is 1.95.